The lowest BCUT2D eigenvalue weighted by Crippen LogP contribution is -2.15. The first-order valence-corrected chi connectivity index (χ1v) is 8.97. The number of nitrogens with zero attached hydrogens (tertiary/aromatic N) is 1. The lowest BCUT2D eigenvalue weighted by molar-refractivity contribution is -0.113. The van der Waals surface area contributed by atoms with E-state index in [0.29, 0.717) is 16.1 Å². The number of thioether (sulfide) groups is 1. The van der Waals surface area contributed by atoms with Gasteiger partial charge in [0.15, 0.2) is 5.13 Å². The molecular weight excluding hydrogens is 304 g/mol. The molecule has 0 radical (unpaired) electrons. The molecule has 1 aliphatic rings. The standard InChI is InChI=1S/C15H18N2O2S2/c1-19-10-6-7-12-13(8-10)21-15(16-12)17-14(18)9-20-11-4-2-3-5-11/h6-8,11H,2-5,9H2,1H3,(H,16,17,18). The highest BCUT2D eigenvalue weighted by molar-refractivity contribution is 8.00. The lowest BCUT2D eigenvalue weighted by Gasteiger charge is -2.07. The average molecular weight is 322 g/mol. The third-order valence-corrected chi connectivity index (χ3v) is 5.90. The molecule has 1 aromatic heterocycles. The van der Waals surface area contributed by atoms with Crippen LogP contribution < -0.4 is 10.1 Å². The third kappa shape index (κ3) is 3.68. The number of fused-ring (bicyclic) bond motifs is 1. The first-order valence-electron chi connectivity index (χ1n) is 7.10. The molecule has 0 atom stereocenters. The number of hydrogen-bond donors (Lipinski definition) is 1. The van der Waals surface area contributed by atoms with Gasteiger partial charge in [-0.15, -0.1) is 11.8 Å². The Labute approximate surface area is 132 Å². The zero-order valence-corrected chi connectivity index (χ0v) is 13.6. The highest BCUT2D eigenvalue weighted by Crippen LogP contribution is 2.31. The molecule has 21 heavy (non-hydrogen) atoms. The van der Waals surface area contributed by atoms with E-state index in [0.717, 1.165) is 16.0 Å². The van der Waals surface area contributed by atoms with E-state index in [2.05, 4.69) is 10.3 Å². The van der Waals surface area contributed by atoms with Crippen LogP contribution in [0.3, 0.4) is 0 Å². The number of nitrogens with one attached hydrogen (secondary N) is 1. The number of amides is 1. The summed E-state index contributed by atoms with van der Waals surface area (Å²) >= 11 is 3.25. The molecule has 3 rings (SSSR count). The van der Waals surface area contributed by atoms with E-state index < -0.39 is 0 Å². The van der Waals surface area contributed by atoms with Gasteiger partial charge in [0.05, 0.1) is 23.1 Å². The number of thiazole rings is 1. The van der Waals surface area contributed by atoms with Crippen molar-refractivity contribution < 1.29 is 9.53 Å². The van der Waals surface area contributed by atoms with E-state index in [1.54, 1.807) is 18.9 Å². The van der Waals surface area contributed by atoms with Crippen LogP contribution in [0.2, 0.25) is 0 Å². The summed E-state index contributed by atoms with van der Waals surface area (Å²) in [5.74, 6) is 1.36. The van der Waals surface area contributed by atoms with E-state index in [9.17, 15) is 4.79 Å². The highest BCUT2D eigenvalue weighted by Gasteiger charge is 2.17. The van der Waals surface area contributed by atoms with Gasteiger partial charge >= 0.3 is 0 Å². The van der Waals surface area contributed by atoms with Crippen molar-refractivity contribution in [3.8, 4) is 5.75 Å². The summed E-state index contributed by atoms with van der Waals surface area (Å²) in [6, 6.07) is 5.73. The second kappa shape index (κ2) is 6.66. The molecule has 1 heterocycles. The second-order valence-electron chi connectivity index (χ2n) is 5.12. The fourth-order valence-electron chi connectivity index (χ4n) is 2.49. The first-order chi connectivity index (χ1) is 10.2. The SMILES string of the molecule is COc1ccc2nc(NC(=O)CSC3CCCC3)sc2c1. The quantitative estimate of drug-likeness (QED) is 0.906. The predicted octanol–water partition coefficient (Wildman–Crippen LogP) is 3.92. The fraction of sp³-hybridized carbons (Fsp3) is 0.467. The number of methoxy groups -OCH3 is 1. The van der Waals surface area contributed by atoms with Crippen LogP contribution in [-0.2, 0) is 4.79 Å². The molecule has 1 N–H and O–H groups in total. The number of ether oxygens (including phenoxy) is 1. The average Bonchev–Trinajstić information content (AvgIpc) is 3.13. The summed E-state index contributed by atoms with van der Waals surface area (Å²) in [5, 5.41) is 4.22. The van der Waals surface area contributed by atoms with Gasteiger partial charge in [-0.3, -0.25) is 4.79 Å². The molecule has 112 valence electrons. The number of rotatable bonds is 5. The highest BCUT2D eigenvalue weighted by atomic mass is 32.2. The number of anilines is 1. The number of carbonyl (C=O) groups is 1. The summed E-state index contributed by atoms with van der Waals surface area (Å²) in [6.07, 6.45) is 5.11. The molecule has 0 saturated heterocycles. The van der Waals surface area contributed by atoms with Gasteiger partial charge in [-0.05, 0) is 31.0 Å². The minimum atomic E-state index is 0.0397. The fourth-order valence-corrected chi connectivity index (χ4v) is 4.53. The Morgan fingerprint density at radius 3 is 3.05 bits per heavy atom. The normalized spacial score (nSPS) is 15.5. The van der Waals surface area contributed by atoms with Crippen molar-refractivity contribution in [1.29, 1.82) is 0 Å². The van der Waals surface area contributed by atoms with Crippen molar-refractivity contribution in [3.05, 3.63) is 18.2 Å². The monoisotopic (exact) mass is 322 g/mol. The minimum absolute atomic E-state index is 0.0397. The van der Waals surface area contributed by atoms with E-state index in [-0.39, 0.29) is 5.91 Å². The van der Waals surface area contributed by atoms with Gasteiger partial charge in [0.1, 0.15) is 5.75 Å². The molecule has 4 nitrogen and oxygen atoms in total. The largest absolute Gasteiger partial charge is 0.497 e. The molecule has 0 aliphatic heterocycles. The van der Waals surface area contributed by atoms with Crippen LogP contribution in [0.15, 0.2) is 18.2 Å². The second-order valence-corrected chi connectivity index (χ2v) is 7.44. The Hall–Kier alpha value is -1.27. The maximum atomic E-state index is 12.0. The van der Waals surface area contributed by atoms with Gasteiger partial charge in [-0.2, -0.15) is 0 Å². The molecule has 2 aromatic rings. The molecule has 1 saturated carbocycles. The summed E-state index contributed by atoms with van der Waals surface area (Å²) < 4.78 is 6.22. The Balaban J connectivity index is 1.59. The maximum Gasteiger partial charge on any atom is 0.236 e. The number of carbonyl (C=O) groups excluding carboxylic acids is 1. The predicted molar refractivity (Wildman–Crippen MR) is 89.5 cm³/mol. The molecular formula is C15H18N2O2S2. The topological polar surface area (TPSA) is 51.2 Å². The summed E-state index contributed by atoms with van der Waals surface area (Å²) in [5.41, 5.74) is 0.888. The van der Waals surface area contributed by atoms with E-state index >= 15 is 0 Å². The van der Waals surface area contributed by atoms with Crippen molar-refractivity contribution in [3.63, 3.8) is 0 Å². The van der Waals surface area contributed by atoms with Crippen LogP contribution in [0.25, 0.3) is 10.2 Å². The van der Waals surface area contributed by atoms with Crippen LogP contribution in [0.1, 0.15) is 25.7 Å². The van der Waals surface area contributed by atoms with Crippen LogP contribution in [0.5, 0.6) is 5.75 Å². The molecule has 1 fully saturated rings. The van der Waals surface area contributed by atoms with Crippen LogP contribution in [0, 0.1) is 0 Å². The van der Waals surface area contributed by atoms with Crippen molar-refractivity contribution >= 4 is 44.4 Å². The Bertz CT molecular complexity index is 636. The van der Waals surface area contributed by atoms with Crippen molar-refractivity contribution in [2.75, 3.05) is 18.2 Å². The minimum Gasteiger partial charge on any atom is -0.497 e. The van der Waals surface area contributed by atoms with E-state index in [1.807, 2.05) is 18.2 Å². The summed E-state index contributed by atoms with van der Waals surface area (Å²) in [6.45, 7) is 0. The summed E-state index contributed by atoms with van der Waals surface area (Å²) in [4.78, 5) is 16.4. The van der Waals surface area contributed by atoms with Crippen LogP contribution >= 0.6 is 23.1 Å². The number of benzene rings is 1. The molecule has 0 bridgehead atoms. The Morgan fingerprint density at radius 2 is 2.29 bits per heavy atom. The van der Waals surface area contributed by atoms with E-state index in [4.69, 9.17) is 4.74 Å². The third-order valence-electron chi connectivity index (χ3n) is 3.59. The first kappa shape index (κ1) is 14.7. The number of hydrogen-bond acceptors (Lipinski definition) is 5. The molecule has 0 spiro atoms. The lowest BCUT2D eigenvalue weighted by atomic mass is 10.3. The Morgan fingerprint density at radius 1 is 1.48 bits per heavy atom. The zero-order chi connectivity index (χ0) is 14.7. The van der Waals surface area contributed by atoms with Gasteiger partial charge in [0.2, 0.25) is 5.91 Å². The van der Waals surface area contributed by atoms with E-state index in [1.165, 1.54) is 37.0 Å². The maximum absolute atomic E-state index is 12.0. The van der Waals surface area contributed by atoms with Crippen LogP contribution in [0.4, 0.5) is 5.13 Å². The van der Waals surface area contributed by atoms with Gasteiger partial charge in [-0.25, -0.2) is 4.98 Å². The van der Waals surface area contributed by atoms with Gasteiger partial charge < -0.3 is 10.1 Å². The van der Waals surface area contributed by atoms with Gasteiger partial charge in [0, 0.05) is 5.25 Å². The van der Waals surface area contributed by atoms with Crippen molar-refractivity contribution in [2.45, 2.75) is 30.9 Å². The molecule has 1 amide bonds. The summed E-state index contributed by atoms with van der Waals surface area (Å²) in [7, 11) is 1.64. The molecule has 1 aliphatic carbocycles. The smallest absolute Gasteiger partial charge is 0.236 e. The van der Waals surface area contributed by atoms with Gasteiger partial charge in [0.25, 0.3) is 0 Å². The van der Waals surface area contributed by atoms with Crippen molar-refractivity contribution in [2.24, 2.45) is 0 Å². The zero-order valence-electron chi connectivity index (χ0n) is 11.9. The van der Waals surface area contributed by atoms with Gasteiger partial charge in [-0.1, -0.05) is 24.2 Å². The molecule has 1 aromatic carbocycles. The number of aromatic nitrogens is 1. The van der Waals surface area contributed by atoms with Crippen molar-refractivity contribution in [1.82, 2.24) is 4.98 Å². The Kier molecular flexibility index (Phi) is 4.65. The molecule has 6 heteroatoms. The molecule has 0 unspecified atom stereocenters. The van der Waals surface area contributed by atoms with Crippen LogP contribution in [-0.4, -0.2) is 29.0 Å².